The van der Waals surface area contributed by atoms with Gasteiger partial charge in [0.05, 0.1) is 18.2 Å². The molecule has 0 radical (unpaired) electrons. The van der Waals surface area contributed by atoms with Crippen molar-refractivity contribution in [3.05, 3.63) is 23.1 Å². The number of thiophene rings is 1. The molecular weight excluding hydrogens is 293 g/mol. The van der Waals surface area contributed by atoms with Gasteiger partial charge in [0.2, 0.25) is 0 Å². The van der Waals surface area contributed by atoms with Crippen LogP contribution in [-0.4, -0.2) is 25.7 Å². The second-order valence-corrected chi connectivity index (χ2v) is 5.03. The van der Waals surface area contributed by atoms with Gasteiger partial charge in [0.1, 0.15) is 17.2 Å². The molecule has 0 spiro atoms. The van der Waals surface area contributed by atoms with Crippen LogP contribution < -0.4 is 15.8 Å². The molecule has 0 aliphatic carbocycles. The third-order valence-electron chi connectivity index (χ3n) is 2.59. The minimum absolute atomic E-state index is 0.0498. The first kappa shape index (κ1) is 14.4. The van der Waals surface area contributed by atoms with Crippen LogP contribution in [0, 0.1) is 0 Å². The van der Waals surface area contributed by atoms with Crippen molar-refractivity contribution in [2.45, 2.75) is 6.18 Å². The molecule has 1 amide bonds. The Morgan fingerprint density at radius 3 is 2.75 bits per heavy atom. The van der Waals surface area contributed by atoms with Gasteiger partial charge in [0.15, 0.2) is 0 Å². The predicted octanol–water partition coefficient (Wildman–Crippen LogP) is 2.78. The number of amides is 1. The van der Waals surface area contributed by atoms with E-state index in [2.05, 4.69) is 0 Å². The van der Waals surface area contributed by atoms with Gasteiger partial charge in [-0.05, 0) is 12.1 Å². The van der Waals surface area contributed by atoms with E-state index in [-0.39, 0.29) is 10.6 Å². The second kappa shape index (κ2) is 5.20. The minimum Gasteiger partial charge on any atom is -0.496 e. The number of methoxy groups -OCH3 is 1. The SMILES string of the molecule is COc1cccc2sc(C(=O)NCC(F)(F)F)c(N)c12. The summed E-state index contributed by atoms with van der Waals surface area (Å²) in [5, 5.41) is 2.34. The third-order valence-corrected chi connectivity index (χ3v) is 3.76. The van der Waals surface area contributed by atoms with Crippen molar-refractivity contribution in [3.63, 3.8) is 0 Å². The number of hydrogen-bond acceptors (Lipinski definition) is 4. The van der Waals surface area contributed by atoms with Crippen LogP contribution >= 0.6 is 11.3 Å². The van der Waals surface area contributed by atoms with Crippen LogP contribution in [0.25, 0.3) is 10.1 Å². The van der Waals surface area contributed by atoms with Gasteiger partial charge in [0, 0.05) is 4.70 Å². The van der Waals surface area contributed by atoms with Crippen molar-refractivity contribution in [1.82, 2.24) is 5.32 Å². The number of fused-ring (bicyclic) bond motifs is 1. The molecule has 0 saturated heterocycles. The average molecular weight is 304 g/mol. The zero-order valence-corrected chi connectivity index (χ0v) is 11.2. The van der Waals surface area contributed by atoms with Crippen LogP contribution in [-0.2, 0) is 0 Å². The van der Waals surface area contributed by atoms with Gasteiger partial charge in [0.25, 0.3) is 5.91 Å². The van der Waals surface area contributed by atoms with Crippen LogP contribution in [0.5, 0.6) is 5.75 Å². The van der Waals surface area contributed by atoms with E-state index in [1.165, 1.54) is 7.11 Å². The lowest BCUT2D eigenvalue weighted by Gasteiger charge is -2.07. The number of benzene rings is 1. The molecule has 0 saturated carbocycles. The number of hydrogen-bond donors (Lipinski definition) is 2. The molecule has 0 bridgehead atoms. The first-order valence-electron chi connectivity index (χ1n) is 5.53. The van der Waals surface area contributed by atoms with Crippen molar-refractivity contribution in [1.29, 1.82) is 0 Å². The highest BCUT2D eigenvalue weighted by Gasteiger charge is 2.29. The van der Waals surface area contributed by atoms with Crippen molar-refractivity contribution in [2.24, 2.45) is 0 Å². The molecule has 8 heteroatoms. The van der Waals surface area contributed by atoms with E-state index < -0.39 is 18.6 Å². The zero-order chi connectivity index (χ0) is 14.9. The molecule has 4 nitrogen and oxygen atoms in total. The maximum absolute atomic E-state index is 12.1. The minimum atomic E-state index is -4.46. The number of alkyl halides is 3. The van der Waals surface area contributed by atoms with Crippen LogP contribution in [0.3, 0.4) is 0 Å². The van der Waals surface area contributed by atoms with E-state index in [1.54, 1.807) is 23.5 Å². The Labute approximate surface area is 116 Å². The van der Waals surface area contributed by atoms with E-state index in [1.807, 2.05) is 0 Å². The van der Waals surface area contributed by atoms with Gasteiger partial charge < -0.3 is 15.8 Å². The second-order valence-electron chi connectivity index (χ2n) is 3.98. The molecule has 0 unspecified atom stereocenters. The van der Waals surface area contributed by atoms with Crippen molar-refractivity contribution in [3.8, 4) is 5.75 Å². The number of nitrogens with one attached hydrogen (secondary N) is 1. The van der Waals surface area contributed by atoms with E-state index in [9.17, 15) is 18.0 Å². The molecule has 0 aliphatic rings. The van der Waals surface area contributed by atoms with Crippen LogP contribution in [0.4, 0.5) is 18.9 Å². The summed E-state index contributed by atoms with van der Waals surface area (Å²) in [5.41, 5.74) is 5.97. The van der Waals surface area contributed by atoms with E-state index in [4.69, 9.17) is 10.5 Å². The first-order chi connectivity index (χ1) is 9.33. The highest BCUT2D eigenvalue weighted by molar-refractivity contribution is 7.21. The Morgan fingerprint density at radius 2 is 2.15 bits per heavy atom. The lowest BCUT2D eigenvalue weighted by atomic mass is 10.2. The summed E-state index contributed by atoms with van der Waals surface area (Å²) in [6.07, 6.45) is -4.46. The Balaban J connectivity index is 2.36. The molecule has 20 heavy (non-hydrogen) atoms. The monoisotopic (exact) mass is 304 g/mol. The van der Waals surface area contributed by atoms with Gasteiger partial charge in [-0.15, -0.1) is 11.3 Å². The quantitative estimate of drug-likeness (QED) is 0.916. The van der Waals surface area contributed by atoms with E-state index >= 15 is 0 Å². The lowest BCUT2D eigenvalue weighted by Crippen LogP contribution is -2.33. The molecule has 108 valence electrons. The highest BCUT2D eigenvalue weighted by Crippen LogP contribution is 2.39. The number of carbonyl (C=O) groups excluding carboxylic acids is 1. The molecule has 1 aromatic heterocycles. The van der Waals surface area contributed by atoms with Gasteiger partial charge >= 0.3 is 6.18 Å². The van der Waals surface area contributed by atoms with Gasteiger partial charge in [-0.1, -0.05) is 6.07 Å². The fourth-order valence-electron chi connectivity index (χ4n) is 1.74. The Hall–Kier alpha value is -1.96. The number of ether oxygens (including phenoxy) is 1. The summed E-state index contributed by atoms with van der Waals surface area (Å²) in [7, 11) is 1.45. The molecule has 2 rings (SSSR count). The van der Waals surface area contributed by atoms with Crippen molar-refractivity contribution >= 4 is 33.0 Å². The summed E-state index contributed by atoms with van der Waals surface area (Å²) in [6, 6.07) is 5.11. The van der Waals surface area contributed by atoms with E-state index in [0.717, 1.165) is 11.3 Å². The molecule has 1 aromatic carbocycles. The predicted molar refractivity (Wildman–Crippen MR) is 71.2 cm³/mol. The first-order valence-corrected chi connectivity index (χ1v) is 6.35. The molecular formula is C12H11F3N2O2S. The smallest absolute Gasteiger partial charge is 0.405 e. The van der Waals surface area contributed by atoms with E-state index in [0.29, 0.717) is 15.8 Å². The van der Waals surface area contributed by atoms with Crippen LogP contribution in [0.1, 0.15) is 9.67 Å². The number of anilines is 1. The number of rotatable bonds is 3. The molecule has 2 aromatic rings. The van der Waals surface area contributed by atoms with Crippen molar-refractivity contribution < 1.29 is 22.7 Å². The van der Waals surface area contributed by atoms with Crippen molar-refractivity contribution in [2.75, 3.05) is 19.4 Å². The summed E-state index contributed by atoms with van der Waals surface area (Å²) in [5.74, 6) is -0.366. The zero-order valence-electron chi connectivity index (χ0n) is 10.4. The molecule has 1 heterocycles. The standard InChI is InChI=1S/C12H11F3N2O2S/c1-19-6-3-2-4-7-8(6)9(16)10(20-7)11(18)17-5-12(13,14)15/h2-4H,5,16H2,1H3,(H,17,18). The topological polar surface area (TPSA) is 64.3 Å². The Bertz CT molecular complexity index is 652. The van der Waals surface area contributed by atoms with Gasteiger partial charge in [-0.25, -0.2) is 0 Å². The third kappa shape index (κ3) is 2.79. The van der Waals surface area contributed by atoms with Crippen LogP contribution in [0.2, 0.25) is 0 Å². The molecule has 0 atom stereocenters. The lowest BCUT2D eigenvalue weighted by molar-refractivity contribution is -0.123. The summed E-state index contributed by atoms with van der Waals surface area (Å²) in [6.45, 7) is -1.39. The van der Waals surface area contributed by atoms with Gasteiger partial charge in [-0.2, -0.15) is 13.2 Å². The maximum Gasteiger partial charge on any atom is 0.405 e. The highest BCUT2D eigenvalue weighted by atomic mass is 32.1. The maximum atomic E-state index is 12.1. The normalized spacial score (nSPS) is 11.6. The molecule has 0 fully saturated rings. The number of nitrogens with two attached hydrogens (primary N) is 1. The number of halogens is 3. The molecule has 0 aliphatic heterocycles. The summed E-state index contributed by atoms with van der Waals surface area (Å²) in [4.78, 5) is 11.8. The van der Waals surface area contributed by atoms with Crippen LogP contribution in [0.15, 0.2) is 18.2 Å². The fourth-order valence-corrected chi connectivity index (χ4v) is 2.80. The van der Waals surface area contributed by atoms with Gasteiger partial charge in [-0.3, -0.25) is 4.79 Å². The fraction of sp³-hybridized carbons (Fsp3) is 0.250. The Kier molecular flexibility index (Phi) is 3.76. The average Bonchev–Trinajstić information content (AvgIpc) is 2.73. The Morgan fingerprint density at radius 1 is 1.45 bits per heavy atom. The largest absolute Gasteiger partial charge is 0.496 e. The number of nitrogen functional groups attached to an aromatic ring is 1. The summed E-state index contributed by atoms with van der Waals surface area (Å²) < 4.78 is 42.1. The molecule has 3 N–H and O–H groups in total. The number of carbonyl (C=O) groups is 1. The summed E-state index contributed by atoms with van der Waals surface area (Å²) >= 11 is 1.03.